The van der Waals surface area contributed by atoms with Crippen LogP contribution in [0.2, 0.25) is 0 Å². The minimum Gasteiger partial charge on any atom is -0.478 e. The van der Waals surface area contributed by atoms with E-state index in [2.05, 4.69) is 5.32 Å². The summed E-state index contributed by atoms with van der Waals surface area (Å²) >= 11 is 0. The first-order valence-corrected chi connectivity index (χ1v) is 14.5. The molecule has 11 heteroatoms. The number of carboxylic acids is 1. The second-order valence-electron chi connectivity index (χ2n) is 10.6. The van der Waals surface area contributed by atoms with Crippen LogP contribution in [-0.4, -0.2) is 97.9 Å². The molecule has 1 amide bonds. The van der Waals surface area contributed by atoms with Gasteiger partial charge in [-0.2, -0.15) is 0 Å². The number of hydrogen-bond acceptors (Lipinski definition) is 8. The summed E-state index contributed by atoms with van der Waals surface area (Å²) in [5, 5.41) is 14.8. The Morgan fingerprint density at radius 3 is 2.23 bits per heavy atom. The van der Waals surface area contributed by atoms with E-state index in [1.54, 1.807) is 12.1 Å². The van der Waals surface area contributed by atoms with E-state index in [4.69, 9.17) is 24.4 Å². The fourth-order valence-electron chi connectivity index (χ4n) is 4.76. The molecule has 4 rings (SSSR count). The topological polar surface area (TPSA) is 140 Å². The summed E-state index contributed by atoms with van der Waals surface area (Å²) in [4.78, 5) is 27.5. The summed E-state index contributed by atoms with van der Waals surface area (Å²) in [6.45, 7) is 3.25. The van der Waals surface area contributed by atoms with E-state index in [0.717, 1.165) is 27.6 Å². The van der Waals surface area contributed by atoms with Gasteiger partial charge in [0.25, 0.3) is 5.91 Å². The molecule has 1 aliphatic heterocycles. The molecule has 2 aromatic rings. The number of carbonyl (C=O) groups is 2. The third-order valence-electron chi connectivity index (χ3n) is 7.04. The highest BCUT2D eigenvalue weighted by Gasteiger charge is 2.23. The van der Waals surface area contributed by atoms with E-state index in [1.165, 1.54) is 6.07 Å². The fraction of sp³-hybridized carbons (Fsp3) is 0.364. The predicted octanol–water partition coefficient (Wildman–Crippen LogP) is 2.74. The monoisotopic (exact) mass is 605 g/mol. The van der Waals surface area contributed by atoms with Gasteiger partial charge in [0.2, 0.25) is 5.36 Å². The summed E-state index contributed by atoms with van der Waals surface area (Å²) in [5.74, 6) is -0.901. The molecule has 0 saturated carbocycles. The lowest BCUT2D eigenvalue weighted by atomic mass is 9.89. The van der Waals surface area contributed by atoms with E-state index < -0.39 is 5.97 Å². The van der Waals surface area contributed by atoms with Crippen LogP contribution in [0.4, 0.5) is 5.69 Å². The summed E-state index contributed by atoms with van der Waals surface area (Å²) in [7, 11) is 7.79. The smallest absolute Gasteiger partial charge is 0.336 e. The van der Waals surface area contributed by atoms with Gasteiger partial charge in [-0.1, -0.05) is 6.07 Å². The van der Waals surface area contributed by atoms with Gasteiger partial charge < -0.3 is 39.7 Å². The summed E-state index contributed by atoms with van der Waals surface area (Å²) < 4.78 is 24.5. The van der Waals surface area contributed by atoms with Crippen LogP contribution in [0.15, 0.2) is 59.0 Å². The molecule has 1 aliphatic carbocycles. The van der Waals surface area contributed by atoms with E-state index >= 15 is 0 Å². The zero-order chi connectivity index (χ0) is 31.6. The maximum absolute atomic E-state index is 12.9. The second-order valence-corrected chi connectivity index (χ2v) is 10.6. The number of ether oxygens (including phenoxy) is 3. The Labute approximate surface area is 256 Å². The van der Waals surface area contributed by atoms with Gasteiger partial charge in [0.1, 0.15) is 25.4 Å². The normalized spacial score (nSPS) is 11.2. The molecule has 0 aromatic heterocycles. The maximum atomic E-state index is 12.9. The van der Waals surface area contributed by atoms with E-state index in [1.807, 2.05) is 74.1 Å². The quantitative estimate of drug-likeness (QED) is 0.106. The molecule has 0 unspecified atom stereocenters. The number of nitrogens with one attached hydrogen (secondary N) is 1. The van der Waals surface area contributed by atoms with Crippen LogP contribution >= 0.6 is 0 Å². The van der Waals surface area contributed by atoms with Crippen molar-refractivity contribution in [3.8, 4) is 22.5 Å². The standard InChI is InChI=1S/C33H40N4O7/c1-36(2)23-6-9-26-29(20-23)44-30-21-24(37(3)4)7-10-27(30)31(26)25-8-5-22(19-28(25)33(39)40)32(38)35-12-14-42-16-18-43-17-15-41-13-11-34/h5-10,19-21H,11-18,34H2,1-4H3,(H-,35,38,39,40)/p+1. The molecule has 1 heterocycles. The van der Waals surface area contributed by atoms with Gasteiger partial charge in [0.05, 0.1) is 51.3 Å². The van der Waals surface area contributed by atoms with Crippen molar-refractivity contribution in [2.45, 2.75) is 0 Å². The zero-order valence-corrected chi connectivity index (χ0v) is 25.7. The average Bonchev–Trinajstić information content (AvgIpc) is 3.01. The van der Waals surface area contributed by atoms with E-state index in [-0.39, 0.29) is 30.2 Å². The number of aromatic carboxylic acids is 1. The van der Waals surface area contributed by atoms with Crippen LogP contribution < -0.4 is 25.9 Å². The summed E-state index contributed by atoms with van der Waals surface area (Å²) in [6.07, 6.45) is 0. The van der Waals surface area contributed by atoms with Gasteiger partial charge >= 0.3 is 5.97 Å². The molecular weight excluding hydrogens is 564 g/mol. The molecule has 234 valence electrons. The van der Waals surface area contributed by atoms with Gasteiger partial charge in [-0.15, -0.1) is 0 Å². The first-order valence-electron chi connectivity index (χ1n) is 14.5. The number of amides is 1. The maximum Gasteiger partial charge on any atom is 0.336 e. The number of benzene rings is 3. The minimum absolute atomic E-state index is 0.0173. The third-order valence-corrected chi connectivity index (χ3v) is 7.04. The van der Waals surface area contributed by atoms with E-state index in [0.29, 0.717) is 56.5 Å². The largest absolute Gasteiger partial charge is 0.478 e. The van der Waals surface area contributed by atoms with Crippen LogP contribution in [0.1, 0.15) is 20.7 Å². The Morgan fingerprint density at radius 2 is 1.57 bits per heavy atom. The number of hydrogen-bond donors (Lipinski definition) is 3. The van der Waals surface area contributed by atoms with Gasteiger partial charge in [0.15, 0.2) is 0 Å². The van der Waals surface area contributed by atoms with Crippen molar-refractivity contribution in [2.24, 2.45) is 5.73 Å². The number of nitrogens with two attached hydrogens (primary N) is 1. The first-order chi connectivity index (χ1) is 21.2. The molecule has 2 aliphatic rings. The lowest BCUT2D eigenvalue weighted by Gasteiger charge is -2.19. The van der Waals surface area contributed by atoms with Crippen molar-refractivity contribution in [1.29, 1.82) is 0 Å². The summed E-state index contributed by atoms with van der Waals surface area (Å²) in [5.41, 5.74) is 9.18. The number of nitrogens with zero attached hydrogens (tertiary/aromatic N) is 2. The molecular formula is C33H41N4O7+. The number of fused-ring (bicyclic) bond motifs is 2. The van der Waals surface area contributed by atoms with Crippen molar-refractivity contribution < 1.29 is 33.3 Å². The Kier molecular flexibility index (Phi) is 11.4. The highest BCUT2D eigenvalue weighted by atomic mass is 16.5. The third kappa shape index (κ3) is 8.00. The fourth-order valence-corrected chi connectivity index (χ4v) is 4.76. The van der Waals surface area contributed by atoms with Gasteiger partial charge in [-0.25, -0.2) is 9.37 Å². The zero-order valence-electron chi connectivity index (χ0n) is 25.7. The van der Waals surface area contributed by atoms with Crippen LogP contribution in [0, 0.1) is 0 Å². The molecule has 2 aromatic carbocycles. The molecule has 0 spiro atoms. The molecule has 4 N–H and O–H groups in total. The lowest BCUT2D eigenvalue weighted by Crippen LogP contribution is -2.28. The second kappa shape index (κ2) is 15.4. The lowest BCUT2D eigenvalue weighted by molar-refractivity contribution is 0.0166. The van der Waals surface area contributed by atoms with Crippen molar-refractivity contribution in [3.63, 3.8) is 0 Å². The highest BCUT2D eigenvalue weighted by Crippen LogP contribution is 2.42. The molecule has 0 saturated heterocycles. The Balaban J connectivity index is 1.56. The molecule has 0 radical (unpaired) electrons. The van der Waals surface area contributed by atoms with Crippen molar-refractivity contribution in [2.75, 3.05) is 85.8 Å². The van der Waals surface area contributed by atoms with Crippen molar-refractivity contribution in [1.82, 2.24) is 9.89 Å². The number of carbonyl (C=O) groups excluding carboxylic acids is 1. The van der Waals surface area contributed by atoms with Crippen molar-refractivity contribution in [3.05, 3.63) is 71.1 Å². The predicted molar refractivity (Wildman–Crippen MR) is 171 cm³/mol. The molecule has 0 fully saturated rings. The van der Waals surface area contributed by atoms with Crippen LogP contribution in [0.5, 0.6) is 0 Å². The van der Waals surface area contributed by atoms with Gasteiger partial charge in [-0.05, 0) is 35.9 Å². The van der Waals surface area contributed by atoms with E-state index in [9.17, 15) is 14.7 Å². The van der Waals surface area contributed by atoms with Crippen LogP contribution in [-0.2, 0) is 14.2 Å². The number of carboxylic acid groups (broad SMARTS) is 1. The highest BCUT2D eigenvalue weighted by molar-refractivity contribution is 6.09. The summed E-state index contributed by atoms with van der Waals surface area (Å²) in [6, 6.07) is 16.4. The Morgan fingerprint density at radius 1 is 0.886 bits per heavy atom. The Bertz CT molecular complexity index is 1640. The minimum atomic E-state index is -1.14. The first kappa shape index (κ1) is 32.6. The Hall–Kier alpha value is -4.29. The van der Waals surface area contributed by atoms with Crippen LogP contribution in [0.25, 0.3) is 33.4 Å². The van der Waals surface area contributed by atoms with Gasteiger partial charge in [-0.3, -0.25) is 4.79 Å². The van der Waals surface area contributed by atoms with Crippen molar-refractivity contribution >= 4 is 28.5 Å². The molecule has 0 bridgehead atoms. The molecule has 11 nitrogen and oxygen atoms in total. The average molecular weight is 606 g/mol. The van der Waals surface area contributed by atoms with Gasteiger partial charge in [0, 0.05) is 67.1 Å². The number of rotatable bonds is 15. The number of anilines is 1. The van der Waals surface area contributed by atoms with Crippen LogP contribution in [0.3, 0.4) is 0 Å². The SMILES string of the molecule is CN(C)c1ccc2c(-c3ccc(C(=O)NCCOCCOCCOCCN)cc3C(=O)O)c3ccc(=[N+](C)C)cc-3oc2c1. The molecule has 44 heavy (non-hydrogen) atoms. The molecule has 0 atom stereocenters.